The minimum Gasteiger partial charge on any atom is -0.271 e. The van der Waals surface area contributed by atoms with Crippen LogP contribution in [0.3, 0.4) is 0 Å². The molecule has 1 heterocycles. The van der Waals surface area contributed by atoms with Gasteiger partial charge in [-0.15, -0.1) is 5.10 Å². The van der Waals surface area contributed by atoms with Crippen molar-refractivity contribution in [1.82, 2.24) is 15.0 Å². The van der Waals surface area contributed by atoms with Crippen molar-refractivity contribution in [3.8, 4) is 0 Å². The molecule has 0 saturated heterocycles. The fourth-order valence-corrected chi connectivity index (χ4v) is 3.72. The number of unbranched alkanes of at least 4 members (excludes halogenated alkanes) is 13. The van der Waals surface area contributed by atoms with Gasteiger partial charge in [-0.25, -0.2) is 0 Å². The van der Waals surface area contributed by atoms with Gasteiger partial charge in [0.05, 0.1) is 5.52 Å². The lowest BCUT2D eigenvalue weighted by Crippen LogP contribution is -2.10. The minimum absolute atomic E-state index is 0.887. The number of para-hydroxylation sites is 1. The summed E-state index contributed by atoms with van der Waals surface area (Å²) in [6.07, 6.45) is 19.4. The molecular weight excluding hydrogens is 344 g/mol. The Morgan fingerprint density at radius 1 is 0.786 bits per heavy atom. The van der Waals surface area contributed by atoms with Crippen LogP contribution in [0.4, 0.5) is 0 Å². The number of nitrogens with zero attached hydrogens (tertiary/aromatic N) is 4. The van der Waals surface area contributed by atoms with E-state index >= 15 is 0 Å². The first-order valence-electron chi connectivity index (χ1n) is 11.6. The van der Waals surface area contributed by atoms with Crippen molar-refractivity contribution in [2.45, 2.75) is 104 Å². The van der Waals surface area contributed by atoms with Gasteiger partial charge in [0.1, 0.15) is 11.4 Å². The predicted octanol–water partition coefficient (Wildman–Crippen LogP) is 7.18. The van der Waals surface area contributed by atoms with Crippen LogP contribution in [0, 0.1) is 0 Å². The highest BCUT2D eigenvalue weighted by Crippen LogP contribution is 2.13. The topological polar surface area (TPSA) is 43.1 Å². The van der Waals surface area contributed by atoms with Gasteiger partial charge in [-0.3, -0.25) is 4.99 Å². The normalized spacial score (nSPS) is 12.1. The zero-order chi connectivity index (χ0) is 19.9. The van der Waals surface area contributed by atoms with E-state index in [2.05, 4.69) is 22.2 Å². The summed E-state index contributed by atoms with van der Waals surface area (Å²) in [5.74, 6) is 0.934. The quantitative estimate of drug-likeness (QED) is 0.185. The highest BCUT2D eigenvalue weighted by atomic mass is 15.4. The lowest BCUT2D eigenvalue weighted by molar-refractivity contribution is 0.536. The largest absolute Gasteiger partial charge is 0.271 e. The molecule has 0 bridgehead atoms. The van der Waals surface area contributed by atoms with Crippen LogP contribution in [0.25, 0.3) is 11.0 Å². The van der Waals surface area contributed by atoms with Crippen LogP contribution in [0.1, 0.15) is 104 Å². The van der Waals surface area contributed by atoms with Gasteiger partial charge in [0.25, 0.3) is 0 Å². The molecule has 4 heteroatoms. The molecule has 0 fully saturated rings. The molecular formula is C24H40N4. The highest BCUT2D eigenvalue weighted by molar-refractivity contribution is 5.90. The van der Waals surface area contributed by atoms with Gasteiger partial charge in [-0.2, -0.15) is 4.68 Å². The minimum atomic E-state index is 0.887. The van der Waals surface area contributed by atoms with Gasteiger partial charge < -0.3 is 0 Å². The molecule has 0 radical (unpaired) electrons. The lowest BCUT2D eigenvalue weighted by atomic mass is 10.0. The Labute approximate surface area is 171 Å². The van der Waals surface area contributed by atoms with Gasteiger partial charge >= 0.3 is 0 Å². The fraction of sp³-hybridized carbons (Fsp3) is 0.708. The maximum Gasteiger partial charge on any atom is 0.124 e. The maximum atomic E-state index is 4.69. The van der Waals surface area contributed by atoms with Crippen molar-refractivity contribution in [3.63, 3.8) is 0 Å². The molecule has 4 nitrogen and oxygen atoms in total. The first-order chi connectivity index (χ1) is 13.8. The third-order valence-electron chi connectivity index (χ3n) is 5.51. The predicted molar refractivity (Wildman–Crippen MR) is 121 cm³/mol. The molecule has 28 heavy (non-hydrogen) atoms. The van der Waals surface area contributed by atoms with E-state index in [1.807, 2.05) is 35.9 Å². The van der Waals surface area contributed by atoms with Gasteiger partial charge in [-0.05, 0) is 25.5 Å². The van der Waals surface area contributed by atoms with Gasteiger partial charge in [0.2, 0.25) is 0 Å². The van der Waals surface area contributed by atoms with E-state index in [1.54, 1.807) is 0 Å². The number of aromatic nitrogens is 3. The summed E-state index contributed by atoms with van der Waals surface area (Å²) in [6.45, 7) is 5.19. The summed E-state index contributed by atoms with van der Waals surface area (Å²) < 4.78 is 1.85. The SMILES string of the molecule is CCCCCCCCCCCCCCCCN=C(C)n1nnc2ccccc21. The second-order valence-corrected chi connectivity index (χ2v) is 8.02. The van der Waals surface area contributed by atoms with Crippen LogP contribution in [0.2, 0.25) is 0 Å². The molecule has 0 atom stereocenters. The summed E-state index contributed by atoms with van der Waals surface area (Å²) in [7, 11) is 0. The number of fused-ring (bicyclic) bond motifs is 1. The van der Waals surface area contributed by atoms with Crippen molar-refractivity contribution in [1.29, 1.82) is 0 Å². The van der Waals surface area contributed by atoms with Gasteiger partial charge in [-0.1, -0.05) is 108 Å². The van der Waals surface area contributed by atoms with Crippen molar-refractivity contribution in [2.24, 2.45) is 4.99 Å². The van der Waals surface area contributed by atoms with Crippen molar-refractivity contribution >= 4 is 16.9 Å². The second kappa shape index (κ2) is 14.3. The second-order valence-electron chi connectivity index (χ2n) is 8.02. The zero-order valence-electron chi connectivity index (χ0n) is 18.2. The molecule has 0 aliphatic heterocycles. The van der Waals surface area contributed by atoms with E-state index in [9.17, 15) is 0 Å². The molecule has 156 valence electrons. The Kier molecular flexibility index (Phi) is 11.5. The first kappa shape index (κ1) is 22.6. The van der Waals surface area contributed by atoms with Crippen molar-refractivity contribution < 1.29 is 0 Å². The van der Waals surface area contributed by atoms with Crippen molar-refractivity contribution in [3.05, 3.63) is 24.3 Å². The summed E-state index contributed by atoms with van der Waals surface area (Å²) in [5.41, 5.74) is 1.96. The summed E-state index contributed by atoms with van der Waals surface area (Å²) in [6, 6.07) is 8.03. The van der Waals surface area contributed by atoms with E-state index in [0.717, 1.165) is 23.4 Å². The van der Waals surface area contributed by atoms with E-state index < -0.39 is 0 Å². The van der Waals surface area contributed by atoms with E-state index in [1.165, 1.54) is 89.9 Å². The number of benzene rings is 1. The summed E-state index contributed by atoms with van der Waals surface area (Å²) in [4.78, 5) is 4.69. The average molecular weight is 385 g/mol. The molecule has 0 unspecified atom stereocenters. The van der Waals surface area contributed by atoms with Crippen LogP contribution < -0.4 is 0 Å². The Balaban J connectivity index is 1.44. The third-order valence-corrected chi connectivity index (χ3v) is 5.51. The molecule has 0 aliphatic carbocycles. The number of hydrogen-bond acceptors (Lipinski definition) is 3. The molecule has 2 rings (SSSR count). The van der Waals surface area contributed by atoms with E-state index in [4.69, 9.17) is 0 Å². The van der Waals surface area contributed by atoms with Crippen LogP contribution >= 0.6 is 0 Å². The Hall–Kier alpha value is -1.71. The Morgan fingerprint density at radius 2 is 1.32 bits per heavy atom. The standard InChI is InChI=1S/C24H40N4/c1-3-4-5-6-7-8-9-10-11-12-13-14-15-18-21-25-22(2)28-24-20-17-16-19-23(24)26-27-28/h16-17,19-20H,3-15,18,21H2,1-2H3. The van der Waals surface area contributed by atoms with Crippen LogP contribution in [-0.4, -0.2) is 27.4 Å². The molecule has 1 aromatic carbocycles. The number of hydrogen-bond donors (Lipinski definition) is 0. The van der Waals surface area contributed by atoms with E-state index in [-0.39, 0.29) is 0 Å². The van der Waals surface area contributed by atoms with Crippen LogP contribution in [0.15, 0.2) is 29.3 Å². The zero-order valence-corrected chi connectivity index (χ0v) is 18.2. The molecule has 0 saturated carbocycles. The molecule has 0 N–H and O–H groups in total. The number of aliphatic imine (C=N–C) groups is 1. The fourth-order valence-electron chi connectivity index (χ4n) is 3.72. The lowest BCUT2D eigenvalue weighted by Gasteiger charge is -2.03. The molecule has 1 aromatic heterocycles. The summed E-state index contributed by atoms with van der Waals surface area (Å²) >= 11 is 0. The average Bonchev–Trinajstić information content (AvgIpc) is 3.15. The van der Waals surface area contributed by atoms with Gasteiger partial charge in [0.15, 0.2) is 0 Å². The Bertz CT molecular complexity index is 674. The number of rotatable bonds is 15. The van der Waals surface area contributed by atoms with Crippen molar-refractivity contribution in [2.75, 3.05) is 6.54 Å². The third kappa shape index (κ3) is 8.53. The van der Waals surface area contributed by atoms with Gasteiger partial charge in [0, 0.05) is 6.54 Å². The molecule has 0 aliphatic rings. The van der Waals surface area contributed by atoms with E-state index in [0.29, 0.717) is 0 Å². The first-order valence-corrected chi connectivity index (χ1v) is 11.6. The maximum absolute atomic E-state index is 4.69. The monoisotopic (exact) mass is 384 g/mol. The molecule has 2 aromatic rings. The van der Waals surface area contributed by atoms with Crippen LogP contribution in [-0.2, 0) is 0 Å². The molecule has 0 spiro atoms. The Morgan fingerprint density at radius 3 is 1.93 bits per heavy atom. The smallest absolute Gasteiger partial charge is 0.124 e. The summed E-state index contributed by atoms with van der Waals surface area (Å²) in [5, 5.41) is 8.41. The molecule has 0 amide bonds. The highest BCUT2D eigenvalue weighted by Gasteiger charge is 2.05. The van der Waals surface area contributed by atoms with Crippen LogP contribution in [0.5, 0.6) is 0 Å².